The van der Waals surface area contributed by atoms with Gasteiger partial charge in [-0.25, -0.2) is 4.58 Å². The van der Waals surface area contributed by atoms with E-state index in [1.54, 1.807) is 0 Å². The van der Waals surface area contributed by atoms with Gasteiger partial charge in [0.1, 0.15) is 7.05 Å². The van der Waals surface area contributed by atoms with E-state index in [9.17, 15) is 4.79 Å². The molecule has 0 saturated carbocycles. The molecule has 1 amide bonds. The molecule has 0 saturated heterocycles. The van der Waals surface area contributed by atoms with E-state index < -0.39 is 0 Å². The van der Waals surface area contributed by atoms with Crippen LogP contribution in [0.15, 0.2) is 103 Å². The third kappa shape index (κ3) is 8.94. The van der Waals surface area contributed by atoms with Crippen molar-refractivity contribution in [3.8, 4) is 12.1 Å². The van der Waals surface area contributed by atoms with Crippen LogP contribution in [0.5, 0.6) is 0 Å². The van der Waals surface area contributed by atoms with Gasteiger partial charge in [0, 0.05) is 55.4 Å². The number of anilines is 4. The monoisotopic (exact) mass is 590 g/mol. The Balaban J connectivity index is 0.00000506. The SMILES string of the molecule is CC(=O)Nc1ccc(Nc2ccc(C(=C3C=CC(=[N+](C)CCC#N)C=C3)c3ccc(N(C)CCC#N)cc3)cc2)cc1.[Cl-]. The zero-order valence-corrected chi connectivity index (χ0v) is 25.4. The fourth-order valence-corrected chi connectivity index (χ4v) is 4.69. The molecule has 2 N–H and O–H groups in total. The van der Waals surface area contributed by atoms with Crippen molar-refractivity contribution >= 4 is 39.9 Å². The first-order valence-corrected chi connectivity index (χ1v) is 13.9. The second-order valence-electron chi connectivity index (χ2n) is 10.1. The Morgan fingerprint density at radius 3 is 1.84 bits per heavy atom. The Labute approximate surface area is 260 Å². The first kappa shape index (κ1) is 32.4. The van der Waals surface area contributed by atoms with Gasteiger partial charge >= 0.3 is 0 Å². The molecule has 218 valence electrons. The van der Waals surface area contributed by atoms with Gasteiger partial charge in [-0.05, 0) is 83.0 Å². The average molecular weight is 591 g/mol. The van der Waals surface area contributed by atoms with Crippen molar-refractivity contribution in [2.75, 3.05) is 42.7 Å². The maximum atomic E-state index is 11.3. The van der Waals surface area contributed by atoms with Gasteiger partial charge < -0.3 is 27.9 Å². The van der Waals surface area contributed by atoms with Gasteiger partial charge in [0.15, 0.2) is 12.3 Å². The fourth-order valence-electron chi connectivity index (χ4n) is 4.69. The van der Waals surface area contributed by atoms with Gasteiger partial charge in [0.2, 0.25) is 5.91 Å². The highest BCUT2D eigenvalue weighted by Gasteiger charge is 2.15. The number of hydrogen-bond donors (Lipinski definition) is 2. The van der Waals surface area contributed by atoms with E-state index in [1.165, 1.54) is 6.92 Å². The first-order chi connectivity index (χ1) is 20.4. The van der Waals surface area contributed by atoms with Gasteiger partial charge in [0.05, 0.1) is 25.0 Å². The number of hydrogen-bond acceptors (Lipinski definition) is 5. The lowest BCUT2D eigenvalue weighted by atomic mass is 9.90. The van der Waals surface area contributed by atoms with Crippen LogP contribution in [0, 0.1) is 22.7 Å². The van der Waals surface area contributed by atoms with Gasteiger partial charge in [-0.15, -0.1) is 0 Å². The van der Waals surface area contributed by atoms with Crippen LogP contribution in [-0.4, -0.2) is 43.4 Å². The van der Waals surface area contributed by atoms with E-state index in [0.717, 1.165) is 50.7 Å². The molecule has 0 fully saturated rings. The lowest BCUT2D eigenvalue weighted by Gasteiger charge is -2.19. The Morgan fingerprint density at radius 1 is 0.791 bits per heavy atom. The molecule has 3 aromatic rings. The topological polar surface area (TPSA) is 95.0 Å². The molecule has 0 aliphatic heterocycles. The lowest BCUT2D eigenvalue weighted by molar-refractivity contribution is -0.494. The molecule has 0 heterocycles. The summed E-state index contributed by atoms with van der Waals surface area (Å²) in [5.74, 6) is -0.0975. The van der Waals surface area contributed by atoms with Gasteiger partial charge in [-0.3, -0.25) is 4.79 Å². The van der Waals surface area contributed by atoms with Gasteiger partial charge in [0.25, 0.3) is 0 Å². The maximum Gasteiger partial charge on any atom is 0.221 e. The number of nitrogens with one attached hydrogen (secondary N) is 2. The highest BCUT2D eigenvalue weighted by molar-refractivity contribution is 6.04. The molecule has 0 aromatic heterocycles. The Morgan fingerprint density at radius 2 is 1.30 bits per heavy atom. The summed E-state index contributed by atoms with van der Waals surface area (Å²) in [6, 6.07) is 28.8. The molecule has 43 heavy (non-hydrogen) atoms. The minimum atomic E-state index is -0.0975. The van der Waals surface area contributed by atoms with E-state index in [2.05, 4.69) is 105 Å². The van der Waals surface area contributed by atoms with Crippen LogP contribution in [0.1, 0.15) is 30.9 Å². The van der Waals surface area contributed by atoms with Crippen molar-refractivity contribution in [1.82, 2.24) is 0 Å². The second kappa shape index (κ2) is 15.8. The lowest BCUT2D eigenvalue weighted by Crippen LogP contribution is -3.00. The zero-order valence-electron chi connectivity index (χ0n) is 24.6. The van der Waals surface area contributed by atoms with Crippen molar-refractivity contribution in [1.29, 1.82) is 10.5 Å². The fraction of sp³-hybridized carbons (Fsp3) is 0.200. The van der Waals surface area contributed by atoms with Crippen LogP contribution in [0.2, 0.25) is 0 Å². The summed E-state index contributed by atoms with van der Waals surface area (Å²) in [5, 5.41) is 24.1. The van der Waals surface area contributed by atoms with Crippen LogP contribution in [-0.2, 0) is 4.79 Å². The highest BCUT2D eigenvalue weighted by Crippen LogP contribution is 2.32. The molecule has 0 spiro atoms. The molecule has 8 heteroatoms. The molecular formula is C35H35ClN6O. The number of halogens is 1. The standard InChI is InChI=1S/C35H34N6O.ClH/c1-26(42)38-30-14-16-32(17-15-30)39-31-12-6-27(7-13-31)35(28-8-18-33(19-9-28)40(2)24-4-22-36)29-10-20-34(21-11-29)41(3)25-5-23-37;/h6-21H,4-5,24-25H2,1-3H3,(H,38,42);1H. The first-order valence-electron chi connectivity index (χ1n) is 13.9. The summed E-state index contributed by atoms with van der Waals surface area (Å²) >= 11 is 0. The Hall–Kier alpha value is -5.11. The molecule has 4 rings (SSSR count). The van der Waals surface area contributed by atoms with E-state index in [-0.39, 0.29) is 18.3 Å². The number of nitrogens with zero attached hydrogens (tertiary/aromatic N) is 4. The Bertz CT molecular complexity index is 1600. The summed E-state index contributed by atoms with van der Waals surface area (Å²) in [5.41, 5.74) is 9.13. The number of allylic oxidation sites excluding steroid dienone is 5. The van der Waals surface area contributed by atoms with Crippen molar-refractivity contribution in [3.05, 3.63) is 114 Å². The zero-order chi connectivity index (χ0) is 29.9. The second-order valence-corrected chi connectivity index (χ2v) is 10.1. The number of nitriles is 2. The molecule has 0 atom stereocenters. The summed E-state index contributed by atoms with van der Waals surface area (Å²) in [6.07, 6.45) is 9.40. The third-order valence-corrected chi connectivity index (χ3v) is 6.98. The molecule has 1 aliphatic rings. The van der Waals surface area contributed by atoms with Crippen molar-refractivity contribution in [2.45, 2.75) is 19.8 Å². The largest absolute Gasteiger partial charge is 1.00 e. The van der Waals surface area contributed by atoms with Gasteiger partial charge in [-0.1, -0.05) is 24.3 Å². The number of carbonyl (C=O) groups is 1. The van der Waals surface area contributed by atoms with E-state index in [0.29, 0.717) is 25.9 Å². The summed E-state index contributed by atoms with van der Waals surface area (Å²) < 4.78 is 2.09. The van der Waals surface area contributed by atoms with Crippen molar-refractivity contribution in [3.63, 3.8) is 0 Å². The van der Waals surface area contributed by atoms with Crippen LogP contribution in [0.25, 0.3) is 5.57 Å². The predicted octanol–water partition coefficient (Wildman–Crippen LogP) is 3.67. The number of amides is 1. The molecule has 0 radical (unpaired) electrons. The summed E-state index contributed by atoms with van der Waals surface area (Å²) in [7, 11) is 4.00. The summed E-state index contributed by atoms with van der Waals surface area (Å²) in [4.78, 5) is 13.4. The molecular weight excluding hydrogens is 556 g/mol. The van der Waals surface area contributed by atoms with E-state index in [4.69, 9.17) is 10.5 Å². The quantitative estimate of drug-likeness (QED) is 0.352. The number of benzene rings is 3. The van der Waals surface area contributed by atoms with Gasteiger partial charge in [-0.2, -0.15) is 10.5 Å². The molecule has 0 unspecified atom stereocenters. The van der Waals surface area contributed by atoms with Crippen LogP contribution in [0.3, 0.4) is 0 Å². The molecule has 1 aliphatic carbocycles. The summed E-state index contributed by atoms with van der Waals surface area (Å²) in [6.45, 7) is 2.85. The molecule has 7 nitrogen and oxygen atoms in total. The minimum absolute atomic E-state index is 0. The van der Waals surface area contributed by atoms with E-state index in [1.807, 2.05) is 38.4 Å². The van der Waals surface area contributed by atoms with Crippen molar-refractivity contribution in [2.24, 2.45) is 0 Å². The van der Waals surface area contributed by atoms with Crippen molar-refractivity contribution < 1.29 is 21.8 Å². The Kier molecular flexibility index (Phi) is 11.9. The predicted molar refractivity (Wildman–Crippen MR) is 171 cm³/mol. The van der Waals surface area contributed by atoms with Crippen LogP contribution in [0.4, 0.5) is 22.7 Å². The number of rotatable bonds is 10. The maximum absolute atomic E-state index is 11.3. The normalized spacial score (nSPS) is 11.6. The molecule has 3 aromatic carbocycles. The molecule has 0 bridgehead atoms. The average Bonchev–Trinajstić information content (AvgIpc) is 3.01. The minimum Gasteiger partial charge on any atom is -1.00 e. The highest BCUT2D eigenvalue weighted by atomic mass is 35.5. The smallest absolute Gasteiger partial charge is 0.221 e. The van der Waals surface area contributed by atoms with Crippen LogP contribution >= 0.6 is 0 Å². The van der Waals surface area contributed by atoms with Crippen LogP contribution < -0.4 is 27.9 Å². The number of carbonyl (C=O) groups excluding carboxylic acids is 1. The van der Waals surface area contributed by atoms with E-state index >= 15 is 0 Å². The third-order valence-electron chi connectivity index (χ3n) is 6.98.